The van der Waals surface area contributed by atoms with Crippen LogP contribution in [-0.2, 0) is 11.2 Å². The van der Waals surface area contributed by atoms with E-state index in [4.69, 9.17) is 9.84 Å². The number of carboxylic acid groups (broad SMARTS) is 1. The number of rotatable bonds is 15. The van der Waals surface area contributed by atoms with E-state index in [-0.39, 0.29) is 24.6 Å². The molecule has 208 valence electrons. The van der Waals surface area contributed by atoms with E-state index in [1.807, 2.05) is 36.4 Å². The first kappa shape index (κ1) is 29.5. The monoisotopic (exact) mass is 543 g/mol. The molecule has 2 N–H and O–H groups in total. The number of carbonyl (C=O) groups is 2. The standard InChI is InChI=1S/C30H32F3NO5/c31-30(32,33)39-27-17-13-24(14-18-27)23-11-15-26(16-12-23)38-21-5-3-1-2-4-6-22-7-9-25(10-8-22)29(37)34-20-19-28(35)36/h7-18H,1-6,19-21H2,(H,34,37)(H,35,36). The van der Waals surface area contributed by atoms with Crippen LogP contribution in [0.5, 0.6) is 11.5 Å². The average Bonchev–Trinajstić information content (AvgIpc) is 2.90. The number of halogens is 3. The third-order valence-corrected chi connectivity index (χ3v) is 5.99. The lowest BCUT2D eigenvalue weighted by molar-refractivity contribution is -0.274. The number of nitrogens with one attached hydrogen (secondary N) is 1. The Morgan fingerprint density at radius 1 is 0.744 bits per heavy atom. The molecular formula is C30H32F3NO5. The molecule has 3 aromatic carbocycles. The Morgan fingerprint density at radius 2 is 1.31 bits per heavy atom. The lowest BCUT2D eigenvalue weighted by Gasteiger charge is -2.10. The van der Waals surface area contributed by atoms with E-state index in [2.05, 4.69) is 10.1 Å². The van der Waals surface area contributed by atoms with Crippen LogP contribution in [0.25, 0.3) is 11.1 Å². The second-order valence-corrected chi connectivity index (χ2v) is 9.06. The number of amides is 1. The molecule has 0 spiro atoms. The van der Waals surface area contributed by atoms with Crippen molar-refractivity contribution in [3.8, 4) is 22.6 Å². The predicted octanol–water partition coefficient (Wildman–Crippen LogP) is 7.03. The maximum Gasteiger partial charge on any atom is 0.573 e. The molecule has 0 saturated carbocycles. The van der Waals surface area contributed by atoms with Gasteiger partial charge in [-0.05, 0) is 72.4 Å². The van der Waals surface area contributed by atoms with Gasteiger partial charge in [-0.15, -0.1) is 13.2 Å². The maximum atomic E-state index is 12.3. The fourth-order valence-corrected chi connectivity index (χ4v) is 3.95. The minimum Gasteiger partial charge on any atom is -0.494 e. The number of benzene rings is 3. The molecular weight excluding hydrogens is 511 g/mol. The Morgan fingerprint density at radius 3 is 1.90 bits per heavy atom. The van der Waals surface area contributed by atoms with Crippen molar-refractivity contribution in [2.24, 2.45) is 0 Å². The normalized spacial score (nSPS) is 11.2. The molecule has 6 nitrogen and oxygen atoms in total. The van der Waals surface area contributed by atoms with E-state index >= 15 is 0 Å². The second-order valence-electron chi connectivity index (χ2n) is 9.06. The van der Waals surface area contributed by atoms with Crippen LogP contribution < -0.4 is 14.8 Å². The van der Waals surface area contributed by atoms with Crippen LogP contribution in [0.3, 0.4) is 0 Å². The van der Waals surface area contributed by atoms with E-state index in [0.29, 0.717) is 12.2 Å². The summed E-state index contributed by atoms with van der Waals surface area (Å²) in [6.45, 7) is 0.719. The van der Waals surface area contributed by atoms with Gasteiger partial charge in [-0.3, -0.25) is 9.59 Å². The SMILES string of the molecule is O=C(O)CCNC(=O)c1ccc(CCCCCCCOc2ccc(-c3ccc(OC(F)(F)F)cc3)cc2)cc1. The highest BCUT2D eigenvalue weighted by molar-refractivity contribution is 5.94. The van der Waals surface area contributed by atoms with E-state index < -0.39 is 12.3 Å². The first-order valence-corrected chi connectivity index (χ1v) is 12.9. The van der Waals surface area contributed by atoms with Crippen LogP contribution in [0.1, 0.15) is 54.4 Å². The number of ether oxygens (including phenoxy) is 2. The van der Waals surface area contributed by atoms with Crippen LogP contribution >= 0.6 is 0 Å². The van der Waals surface area contributed by atoms with Gasteiger partial charge in [0.15, 0.2) is 0 Å². The average molecular weight is 544 g/mol. The number of aliphatic carboxylic acids is 1. The molecule has 0 saturated heterocycles. The first-order chi connectivity index (χ1) is 18.7. The van der Waals surface area contributed by atoms with Gasteiger partial charge < -0.3 is 19.9 Å². The number of hydrogen-bond acceptors (Lipinski definition) is 4. The van der Waals surface area contributed by atoms with Crippen LogP contribution in [-0.4, -0.2) is 36.5 Å². The smallest absolute Gasteiger partial charge is 0.494 e. The fourth-order valence-electron chi connectivity index (χ4n) is 3.95. The first-order valence-electron chi connectivity index (χ1n) is 12.9. The number of carboxylic acids is 1. The van der Waals surface area contributed by atoms with Gasteiger partial charge in [0, 0.05) is 12.1 Å². The van der Waals surface area contributed by atoms with Gasteiger partial charge in [0.25, 0.3) is 5.91 Å². The molecule has 0 fully saturated rings. The quantitative estimate of drug-likeness (QED) is 0.201. The topological polar surface area (TPSA) is 84.9 Å². The second kappa shape index (κ2) is 14.8. The molecule has 0 aliphatic rings. The van der Waals surface area contributed by atoms with E-state index in [9.17, 15) is 22.8 Å². The van der Waals surface area contributed by atoms with E-state index in [0.717, 1.165) is 61.0 Å². The van der Waals surface area contributed by atoms with Crippen molar-refractivity contribution in [3.05, 3.63) is 83.9 Å². The highest BCUT2D eigenvalue weighted by atomic mass is 19.4. The summed E-state index contributed by atoms with van der Waals surface area (Å²) in [5.41, 5.74) is 3.34. The van der Waals surface area contributed by atoms with Gasteiger partial charge in [-0.2, -0.15) is 0 Å². The van der Waals surface area contributed by atoms with Crippen LogP contribution in [0.4, 0.5) is 13.2 Å². The molecule has 9 heteroatoms. The minimum absolute atomic E-state index is 0.101. The largest absolute Gasteiger partial charge is 0.573 e. The molecule has 0 atom stereocenters. The fraction of sp³-hybridized carbons (Fsp3) is 0.333. The van der Waals surface area contributed by atoms with Crippen LogP contribution in [0, 0.1) is 0 Å². The van der Waals surface area contributed by atoms with Gasteiger partial charge in [0.1, 0.15) is 11.5 Å². The third-order valence-electron chi connectivity index (χ3n) is 5.99. The molecule has 3 rings (SSSR count). The number of carbonyl (C=O) groups excluding carboxylic acids is 1. The Labute approximate surface area is 225 Å². The molecule has 0 aliphatic carbocycles. The van der Waals surface area contributed by atoms with Gasteiger partial charge in [-0.25, -0.2) is 0 Å². The Hall–Kier alpha value is -4.01. The summed E-state index contributed by atoms with van der Waals surface area (Å²) in [6, 6.07) is 20.6. The van der Waals surface area contributed by atoms with Crippen molar-refractivity contribution in [2.45, 2.75) is 51.3 Å². The molecule has 0 unspecified atom stereocenters. The Balaban J connectivity index is 1.27. The lowest BCUT2D eigenvalue weighted by Crippen LogP contribution is -2.25. The lowest BCUT2D eigenvalue weighted by atomic mass is 10.0. The zero-order chi connectivity index (χ0) is 28.1. The number of aryl methyl sites for hydroxylation is 1. The molecule has 39 heavy (non-hydrogen) atoms. The minimum atomic E-state index is -4.70. The van der Waals surface area contributed by atoms with Gasteiger partial charge in [-0.1, -0.05) is 55.7 Å². The molecule has 0 radical (unpaired) electrons. The summed E-state index contributed by atoms with van der Waals surface area (Å²) < 4.78 is 46.6. The number of alkyl halides is 3. The zero-order valence-electron chi connectivity index (χ0n) is 21.5. The number of unbranched alkanes of at least 4 members (excludes halogenated alkanes) is 4. The van der Waals surface area contributed by atoms with Gasteiger partial charge in [0.05, 0.1) is 13.0 Å². The molecule has 0 aliphatic heterocycles. The molecule has 0 aromatic heterocycles. The van der Waals surface area contributed by atoms with Crippen LogP contribution in [0.15, 0.2) is 72.8 Å². The highest BCUT2D eigenvalue weighted by Crippen LogP contribution is 2.27. The van der Waals surface area contributed by atoms with Crippen molar-refractivity contribution >= 4 is 11.9 Å². The summed E-state index contributed by atoms with van der Waals surface area (Å²) in [5.74, 6) is -0.721. The summed E-state index contributed by atoms with van der Waals surface area (Å²) >= 11 is 0. The highest BCUT2D eigenvalue weighted by Gasteiger charge is 2.30. The number of hydrogen-bond donors (Lipinski definition) is 2. The molecule has 0 heterocycles. The summed E-state index contributed by atoms with van der Waals surface area (Å²) in [5, 5.41) is 11.2. The summed E-state index contributed by atoms with van der Waals surface area (Å²) in [6.07, 6.45) is 1.37. The molecule has 0 bridgehead atoms. The van der Waals surface area contributed by atoms with E-state index in [1.54, 1.807) is 24.3 Å². The van der Waals surface area contributed by atoms with Crippen molar-refractivity contribution < 1.29 is 37.3 Å². The van der Waals surface area contributed by atoms with Gasteiger partial charge in [0.2, 0.25) is 0 Å². The van der Waals surface area contributed by atoms with Crippen molar-refractivity contribution in [1.82, 2.24) is 5.32 Å². The van der Waals surface area contributed by atoms with Gasteiger partial charge >= 0.3 is 12.3 Å². The molecule has 1 amide bonds. The summed E-state index contributed by atoms with van der Waals surface area (Å²) in [4.78, 5) is 22.5. The van der Waals surface area contributed by atoms with Crippen molar-refractivity contribution in [3.63, 3.8) is 0 Å². The zero-order valence-corrected chi connectivity index (χ0v) is 21.5. The Bertz CT molecular complexity index is 1180. The van der Waals surface area contributed by atoms with Crippen molar-refractivity contribution in [2.75, 3.05) is 13.2 Å². The maximum absolute atomic E-state index is 12.3. The van der Waals surface area contributed by atoms with Crippen molar-refractivity contribution in [1.29, 1.82) is 0 Å². The predicted molar refractivity (Wildman–Crippen MR) is 142 cm³/mol. The third kappa shape index (κ3) is 11.1. The van der Waals surface area contributed by atoms with Crippen LogP contribution in [0.2, 0.25) is 0 Å². The summed E-state index contributed by atoms with van der Waals surface area (Å²) in [7, 11) is 0. The Kier molecular flexibility index (Phi) is 11.2. The van der Waals surface area contributed by atoms with E-state index in [1.165, 1.54) is 12.1 Å². The molecule has 3 aromatic rings.